The van der Waals surface area contributed by atoms with Crippen molar-refractivity contribution in [3.63, 3.8) is 0 Å². The zero-order valence-electron chi connectivity index (χ0n) is 13.5. The van der Waals surface area contributed by atoms with E-state index in [4.69, 9.17) is 9.47 Å². The Morgan fingerprint density at radius 2 is 2.04 bits per heavy atom. The van der Waals surface area contributed by atoms with E-state index >= 15 is 0 Å². The van der Waals surface area contributed by atoms with Gasteiger partial charge < -0.3 is 19.3 Å². The minimum absolute atomic E-state index is 0.0368. The number of amides is 1. The Bertz CT molecular complexity index is 477. The first-order valence-electron chi connectivity index (χ1n) is 7.72. The van der Waals surface area contributed by atoms with E-state index in [1.54, 1.807) is 7.11 Å². The normalized spacial score (nSPS) is 16.8. The topological polar surface area (TPSA) is 73.9 Å². The fourth-order valence-electron chi connectivity index (χ4n) is 2.33. The summed E-state index contributed by atoms with van der Waals surface area (Å²) in [6.07, 6.45) is 0. The van der Waals surface area contributed by atoms with Crippen LogP contribution in [-0.4, -0.2) is 67.6 Å². The third-order valence-corrected chi connectivity index (χ3v) is 4.87. The van der Waals surface area contributed by atoms with E-state index in [1.807, 2.05) is 24.3 Å². The molecule has 1 unspecified atom stereocenters. The molecule has 1 saturated heterocycles. The largest absolute Gasteiger partial charge is 0.616 e. The lowest BCUT2D eigenvalue weighted by Gasteiger charge is -2.26. The Labute approximate surface area is 140 Å². The minimum atomic E-state index is -1.20. The number of carbonyl (C=O) groups excluding carboxylic acids is 1. The molecule has 1 amide bonds. The van der Waals surface area contributed by atoms with Crippen LogP contribution in [0, 0.1) is 0 Å². The van der Waals surface area contributed by atoms with Crippen LogP contribution in [0.2, 0.25) is 0 Å². The highest BCUT2D eigenvalue weighted by Gasteiger charge is 2.15. The lowest BCUT2D eigenvalue weighted by molar-refractivity contribution is -0.118. The summed E-state index contributed by atoms with van der Waals surface area (Å²) in [4.78, 5) is 14.1. The molecule has 1 aliphatic heterocycles. The molecule has 128 valence electrons. The Morgan fingerprint density at radius 3 is 2.70 bits per heavy atom. The van der Waals surface area contributed by atoms with Gasteiger partial charge in [-0.1, -0.05) is 12.1 Å². The first-order valence-corrected chi connectivity index (χ1v) is 9.21. The van der Waals surface area contributed by atoms with Crippen molar-refractivity contribution in [3.8, 4) is 5.75 Å². The summed E-state index contributed by atoms with van der Waals surface area (Å²) in [6.45, 7) is 4.69. The second-order valence-electron chi connectivity index (χ2n) is 5.38. The van der Waals surface area contributed by atoms with Gasteiger partial charge in [0.05, 0.1) is 20.3 Å². The molecule has 23 heavy (non-hydrogen) atoms. The lowest BCUT2D eigenvalue weighted by Crippen LogP contribution is -2.42. The number of benzene rings is 1. The Hall–Kier alpha value is -1.28. The molecule has 1 aromatic carbocycles. The number of hydrogen-bond donors (Lipinski definition) is 1. The van der Waals surface area contributed by atoms with Gasteiger partial charge in [-0.3, -0.25) is 9.69 Å². The van der Waals surface area contributed by atoms with Gasteiger partial charge in [-0.05, 0) is 23.3 Å². The van der Waals surface area contributed by atoms with E-state index in [9.17, 15) is 9.35 Å². The molecule has 0 spiro atoms. The number of methoxy groups -OCH3 is 1. The van der Waals surface area contributed by atoms with Gasteiger partial charge in [0, 0.05) is 31.7 Å². The van der Waals surface area contributed by atoms with Crippen molar-refractivity contribution in [3.05, 3.63) is 29.8 Å². The molecule has 0 radical (unpaired) electrons. The van der Waals surface area contributed by atoms with Crippen molar-refractivity contribution < 1.29 is 18.8 Å². The van der Waals surface area contributed by atoms with Crippen LogP contribution in [0.1, 0.15) is 5.56 Å². The zero-order valence-corrected chi connectivity index (χ0v) is 14.3. The maximum Gasteiger partial charge on any atom is 0.269 e. The Morgan fingerprint density at radius 1 is 1.35 bits per heavy atom. The van der Waals surface area contributed by atoms with Crippen molar-refractivity contribution in [1.29, 1.82) is 0 Å². The van der Waals surface area contributed by atoms with Crippen LogP contribution in [0.4, 0.5) is 0 Å². The number of ether oxygens (including phenoxy) is 2. The van der Waals surface area contributed by atoms with Crippen LogP contribution in [0.5, 0.6) is 5.75 Å². The molecule has 0 aromatic heterocycles. The highest BCUT2D eigenvalue weighted by molar-refractivity contribution is 7.91. The fraction of sp³-hybridized carbons (Fsp3) is 0.562. The lowest BCUT2D eigenvalue weighted by atomic mass is 10.2. The Kier molecular flexibility index (Phi) is 7.67. The van der Waals surface area contributed by atoms with Gasteiger partial charge in [-0.15, -0.1) is 0 Å². The van der Waals surface area contributed by atoms with Crippen LogP contribution in [0.3, 0.4) is 0 Å². The first kappa shape index (κ1) is 18.1. The maximum atomic E-state index is 12.0. The number of nitrogens with one attached hydrogen (secondary N) is 1. The molecule has 7 heteroatoms. The van der Waals surface area contributed by atoms with Crippen LogP contribution >= 0.6 is 0 Å². The third kappa shape index (κ3) is 6.78. The molecule has 0 bridgehead atoms. The average molecular weight is 340 g/mol. The average Bonchev–Trinajstić information content (AvgIpc) is 2.56. The van der Waals surface area contributed by atoms with E-state index in [0.29, 0.717) is 12.3 Å². The molecule has 0 aliphatic carbocycles. The third-order valence-electron chi connectivity index (χ3n) is 3.63. The molecule has 1 aliphatic rings. The highest BCUT2D eigenvalue weighted by atomic mass is 32.2. The summed E-state index contributed by atoms with van der Waals surface area (Å²) in [5, 5.41) is 2.83. The molecular weight excluding hydrogens is 316 g/mol. The van der Waals surface area contributed by atoms with E-state index in [2.05, 4.69) is 10.2 Å². The van der Waals surface area contributed by atoms with Crippen molar-refractivity contribution in [2.24, 2.45) is 0 Å². The smallest absolute Gasteiger partial charge is 0.269 e. The summed E-state index contributed by atoms with van der Waals surface area (Å²) in [5.74, 6) is 1.02. The molecule has 1 heterocycles. The van der Waals surface area contributed by atoms with Gasteiger partial charge in [0.25, 0.3) is 5.91 Å². The van der Waals surface area contributed by atoms with E-state index in [0.717, 1.165) is 44.2 Å². The van der Waals surface area contributed by atoms with Crippen LogP contribution in [0.25, 0.3) is 0 Å². The molecule has 1 fully saturated rings. The van der Waals surface area contributed by atoms with E-state index < -0.39 is 11.2 Å². The molecule has 2 rings (SSSR count). The van der Waals surface area contributed by atoms with Crippen LogP contribution in [0.15, 0.2) is 24.3 Å². The van der Waals surface area contributed by atoms with Crippen molar-refractivity contribution in [2.75, 3.05) is 52.3 Å². The second-order valence-corrected chi connectivity index (χ2v) is 6.84. The monoisotopic (exact) mass is 340 g/mol. The zero-order chi connectivity index (χ0) is 16.5. The molecule has 6 nitrogen and oxygen atoms in total. The molecule has 1 aromatic rings. The summed E-state index contributed by atoms with van der Waals surface area (Å²) in [7, 11) is 1.61. The van der Waals surface area contributed by atoms with Crippen molar-refractivity contribution in [2.45, 2.75) is 5.75 Å². The first-order chi connectivity index (χ1) is 11.2. The predicted molar refractivity (Wildman–Crippen MR) is 90.0 cm³/mol. The van der Waals surface area contributed by atoms with Crippen molar-refractivity contribution in [1.82, 2.24) is 10.2 Å². The van der Waals surface area contributed by atoms with E-state index in [-0.39, 0.29) is 11.7 Å². The van der Waals surface area contributed by atoms with Gasteiger partial charge in [-0.2, -0.15) is 0 Å². The molecule has 1 atom stereocenters. The van der Waals surface area contributed by atoms with Gasteiger partial charge in [-0.25, -0.2) is 0 Å². The number of morpholine rings is 1. The summed E-state index contributed by atoms with van der Waals surface area (Å²) < 4.78 is 22.4. The number of hydrogen-bond acceptors (Lipinski definition) is 5. The quantitative estimate of drug-likeness (QED) is 0.693. The van der Waals surface area contributed by atoms with Gasteiger partial charge in [0.1, 0.15) is 11.5 Å². The summed E-state index contributed by atoms with van der Waals surface area (Å²) in [6, 6.07) is 7.39. The van der Waals surface area contributed by atoms with Gasteiger partial charge >= 0.3 is 0 Å². The SMILES string of the molecule is COc1ccc(C[S+]([O-])CC(=O)NCCN2CCOCC2)cc1. The minimum Gasteiger partial charge on any atom is -0.616 e. The second kappa shape index (κ2) is 9.77. The standard InChI is InChI=1S/C16H24N2O4S/c1-21-15-4-2-14(3-5-15)12-23(20)13-16(19)17-6-7-18-8-10-22-11-9-18/h2-5H,6-13H2,1H3,(H,17,19). The summed E-state index contributed by atoms with van der Waals surface area (Å²) in [5.41, 5.74) is 0.935. The molecule has 1 N–H and O–H groups in total. The predicted octanol–water partition coefficient (Wildman–Crippen LogP) is 0.392. The van der Waals surface area contributed by atoms with Gasteiger partial charge in [0.15, 0.2) is 5.75 Å². The van der Waals surface area contributed by atoms with Gasteiger partial charge in [0.2, 0.25) is 0 Å². The Balaban J connectivity index is 1.63. The van der Waals surface area contributed by atoms with Crippen LogP contribution < -0.4 is 10.1 Å². The van der Waals surface area contributed by atoms with E-state index in [1.165, 1.54) is 0 Å². The summed E-state index contributed by atoms with van der Waals surface area (Å²) >= 11 is -1.20. The highest BCUT2D eigenvalue weighted by Crippen LogP contribution is 2.13. The van der Waals surface area contributed by atoms with Crippen molar-refractivity contribution >= 4 is 17.1 Å². The van der Waals surface area contributed by atoms with Crippen LogP contribution in [-0.2, 0) is 26.5 Å². The number of nitrogens with zero attached hydrogens (tertiary/aromatic N) is 1. The fourth-order valence-corrected chi connectivity index (χ4v) is 3.39. The number of rotatable bonds is 8. The molecule has 0 saturated carbocycles. The number of carbonyl (C=O) groups is 1. The maximum absolute atomic E-state index is 12.0. The molecular formula is C16H24N2O4S.